The molecule has 4 heteroatoms. The van der Waals surface area contributed by atoms with Gasteiger partial charge in [-0.05, 0) is 31.1 Å². The fraction of sp³-hybridized carbons (Fsp3) is 1.00. The maximum absolute atomic E-state index is 13.9. The van der Waals surface area contributed by atoms with Crippen LogP contribution in [0.25, 0.3) is 0 Å². The van der Waals surface area contributed by atoms with Crippen LogP contribution in [0, 0.1) is 23.7 Å². The van der Waals surface area contributed by atoms with Crippen LogP contribution in [-0.2, 0) is 0 Å². The molecule has 16 heavy (non-hydrogen) atoms. The second-order valence-corrected chi connectivity index (χ2v) is 5.68. The maximum atomic E-state index is 13.9. The van der Waals surface area contributed by atoms with Crippen LogP contribution in [0.4, 0.5) is 17.6 Å². The summed E-state index contributed by atoms with van der Waals surface area (Å²) in [6.07, 6.45) is 2.68. The van der Waals surface area contributed by atoms with E-state index in [9.17, 15) is 17.6 Å². The van der Waals surface area contributed by atoms with Crippen LogP contribution < -0.4 is 0 Å². The fourth-order valence-corrected chi connectivity index (χ4v) is 3.32. The minimum atomic E-state index is -3.87. The zero-order valence-corrected chi connectivity index (χ0v) is 9.65. The zero-order chi connectivity index (χ0) is 12.1. The first-order valence-electron chi connectivity index (χ1n) is 6.02. The van der Waals surface area contributed by atoms with Gasteiger partial charge < -0.3 is 0 Å². The topological polar surface area (TPSA) is 0 Å². The molecular formula is C12H18F4. The molecule has 2 saturated carbocycles. The van der Waals surface area contributed by atoms with Gasteiger partial charge in [0.15, 0.2) is 0 Å². The van der Waals surface area contributed by atoms with E-state index in [2.05, 4.69) is 0 Å². The monoisotopic (exact) mass is 238 g/mol. The van der Waals surface area contributed by atoms with E-state index >= 15 is 0 Å². The van der Waals surface area contributed by atoms with Gasteiger partial charge in [-0.2, -0.15) is 17.6 Å². The van der Waals surface area contributed by atoms with Crippen molar-refractivity contribution in [3.05, 3.63) is 0 Å². The number of hydrogen-bond donors (Lipinski definition) is 0. The molecule has 94 valence electrons. The third kappa shape index (κ3) is 1.56. The van der Waals surface area contributed by atoms with E-state index in [0.717, 1.165) is 12.8 Å². The smallest absolute Gasteiger partial charge is 0.200 e. The van der Waals surface area contributed by atoms with Crippen LogP contribution in [0.15, 0.2) is 0 Å². The Hall–Kier alpha value is -0.280. The molecule has 3 atom stereocenters. The molecule has 0 heterocycles. The summed E-state index contributed by atoms with van der Waals surface area (Å²) in [6.45, 7) is 2.34. The van der Waals surface area contributed by atoms with Crippen molar-refractivity contribution in [3.8, 4) is 0 Å². The number of fused-ring (bicyclic) bond motifs is 2. The number of rotatable bonds is 3. The summed E-state index contributed by atoms with van der Waals surface area (Å²) in [7, 11) is 0. The summed E-state index contributed by atoms with van der Waals surface area (Å²) in [4.78, 5) is 0. The van der Waals surface area contributed by atoms with Gasteiger partial charge in [-0.25, -0.2) is 0 Å². The SMILES string of the molecule is CC(C)C(F)(F)C(F)(F)C1CC2CCC1C2. The Balaban J connectivity index is 2.19. The highest BCUT2D eigenvalue weighted by Crippen LogP contribution is 2.58. The summed E-state index contributed by atoms with van der Waals surface area (Å²) in [5.41, 5.74) is 0. The molecule has 0 saturated heterocycles. The van der Waals surface area contributed by atoms with Gasteiger partial charge in [-0.1, -0.05) is 20.3 Å². The minimum absolute atomic E-state index is 0.176. The van der Waals surface area contributed by atoms with Gasteiger partial charge in [0.05, 0.1) is 0 Å². The van der Waals surface area contributed by atoms with Gasteiger partial charge in [-0.15, -0.1) is 0 Å². The van der Waals surface area contributed by atoms with Gasteiger partial charge in [0.2, 0.25) is 0 Å². The summed E-state index contributed by atoms with van der Waals surface area (Å²) in [6, 6.07) is 0. The Kier molecular flexibility index (Phi) is 2.75. The lowest BCUT2D eigenvalue weighted by Gasteiger charge is -2.37. The summed E-state index contributed by atoms with van der Waals surface area (Å²) in [5, 5.41) is 0. The van der Waals surface area contributed by atoms with Crippen molar-refractivity contribution < 1.29 is 17.6 Å². The van der Waals surface area contributed by atoms with Gasteiger partial charge in [0.25, 0.3) is 0 Å². The van der Waals surface area contributed by atoms with Crippen molar-refractivity contribution in [3.63, 3.8) is 0 Å². The zero-order valence-electron chi connectivity index (χ0n) is 9.65. The quantitative estimate of drug-likeness (QED) is 0.641. The lowest BCUT2D eigenvalue weighted by molar-refractivity contribution is -0.262. The highest BCUT2D eigenvalue weighted by Gasteiger charge is 2.65. The van der Waals surface area contributed by atoms with E-state index in [-0.39, 0.29) is 11.8 Å². The standard InChI is InChI=1S/C12H18F4/c1-7(2)11(13,14)12(15,16)10-6-8-3-4-9(10)5-8/h7-10H,3-6H2,1-2H3. The summed E-state index contributed by atoms with van der Waals surface area (Å²) in [5.74, 6) is -10.0. The highest BCUT2D eigenvalue weighted by molar-refractivity contribution is 5.02. The molecule has 0 N–H and O–H groups in total. The molecule has 0 amide bonds. The maximum Gasteiger partial charge on any atom is 0.313 e. The van der Waals surface area contributed by atoms with Crippen molar-refractivity contribution in [2.75, 3.05) is 0 Å². The first-order chi connectivity index (χ1) is 7.26. The third-order valence-corrected chi connectivity index (χ3v) is 4.37. The molecule has 2 fully saturated rings. The number of hydrogen-bond acceptors (Lipinski definition) is 0. The third-order valence-electron chi connectivity index (χ3n) is 4.37. The Bertz CT molecular complexity index is 272. The van der Waals surface area contributed by atoms with E-state index in [1.165, 1.54) is 13.8 Å². The van der Waals surface area contributed by atoms with Crippen LogP contribution in [0.2, 0.25) is 0 Å². The van der Waals surface area contributed by atoms with Crippen LogP contribution in [0.3, 0.4) is 0 Å². The molecule has 3 unspecified atom stereocenters. The molecule has 2 bridgehead atoms. The predicted octanol–water partition coefficient (Wildman–Crippen LogP) is 4.35. The second-order valence-electron chi connectivity index (χ2n) is 5.68. The molecule has 0 aromatic rings. The lowest BCUT2D eigenvalue weighted by atomic mass is 9.79. The van der Waals surface area contributed by atoms with E-state index in [4.69, 9.17) is 0 Å². The average Bonchev–Trinajstić information content (AvgIpc) is 2.77. The molecule has 2 aliphatic carbocycles. The van der Waals surface area contributed by atoms with Crippen LogP contribution in [-0.4, -0.2) is 11.8 Å². The van der Waals surface area contributed by atoms with Crippen LogP contribution >= 0.6 is 0 Å². The number of alkyl halides is 4. The van der Waals surface area contributed by atoms with Crippen molar-refractivity contribution in [1.82, 2.24) is 0 Å². The Morgan fingerprint density at radius 1 is 1.00 bits per heavy atom. The molecule has 0 aromatic heterocycles. The van der Waals surface area contributed by atoms with Crippen molar-refractivity contribution in [1.29, 1.82) is 0 Å². The van der Waals surface area contributed by atoms with Gasteiger partial charge in [0, 0.05) is 11.8 Å². The first kappa shape index (κ1) is 12.2. The van der Waals surface area contributed by atoms with E-state index in [1.54, 1.807) is 0 Å². The minimum Gasteiger partial charge on any atom is -0.200 e. The molecule has 2 aliphatic rings. The average molecular weight is 238 g/mol. The Morgan fingerprint density at radius 3 is 2.00 bits per heavy atom. The normalized spacial score (nSPS) is 35.1. The van der Waals surface area contributed by atoms with Crippen molar-refractivity contribution in [2.45, 2.75) is 51.4 Å². The molecule has 2 rings (SSSR count). The predicted molar refractivity (Wildman–Crippen MR) is 53.7 cm³/mol. The van der Waals surface area contributed by atoms with Crippen LogP contribution in [0.5, 0.6) is 0 Å². The Labute approximate surface area is 93.4 Å². The lowest BCUT2D eigenvalue weighted by Crippen LogP contribution is -2.51. The van der Waals surface area contributed by atoms with E-state index in [1.807, 2.05) is 0 Å². The van der Waals surface area contributed by atoms with Crippen molar-refractivity contribution >= 4 is 0 Å². The van der Waals surface area contributed by atoms with Gasteiger partial charge in [0.1, 0.15) is 0 Å². The summed E-state index contributed by atoms with van der Waals surface area (Å²) < 4.78 is 54.8. The van der Waals surface area contributed by atoms with E-state index in [0.29, 0.717) is 12.8 Å². The van der Waals surface area contributed by atoms with E-state index < -0.39 is 23.7 Å². The Morgan fingerprint density at radius 2 is 1.62 bits per heavy atom. The fourth-order valence-electron chi connectivity index (χ4n) is 3.32. The summed E-state index contributed by atoms with van der Waals surface area (Å²) >= 11 is 0. The molecule has 0 aliphatic heterocycles. The van der Waals surface area contributed by atoms with Gasteiger partial charge >= 0.3 is 11.8 Å². The van der Waals surface area contributed by atoms with Gasteiger partial charge in [-0.3, -0.25) is 0 Å². The van der Waals surface area contributed by atoms with Crippen LogP contribution in [0.1, 0.15) is 39.5 Å². The largest absolute Gasteiger partial charge is 0.313 e. The molecule has 0 aromatic carbocycles. The highest BCUT2D eigenvalue weighted by atomic mass is 19.3. The number of halogens is 4. The first-order valence-corrected chi connectivity index (χ1v) is 6.02. The molecule has 0 radical (unpaired) electrons. The van der Waals surface area contributed by atoms with Crippen molar-refractivity contribution in [2.24, 2.45) is 23.7 Å². The molecular weight excluding hydrogens is 220 g/mol. The second kappa shape index (κ2) is 3.61. The molecule has 0 nitrogen and oxygen atoms in total. The molecule has 0 spiro atoms.